The first-order valence-corrected chi connectivity index (χ1v) is 11.8. The fourth-order valence-corrected chi connectivity index (χ4v) is 4.39. The molecule has 0 spiro atoms. The third kappa shape index (κ3) is 5.77. The molecular weight excluding hydrogens is 436 g/mol. The number of carbonyl (C=O) groups is 1. The normalized spacial score (nSPS) is 12.1. The van der Waals surface area contributed by atoms with Crippen LogP contribution in [0, 0.1) is 6.92 Å². The SMILES string of the molecule is Cc1ccc(N([C@H](C)C(=O)Nc2cc(Cl)ccc2Oc2ccccc2)S(C)(=O)=O)cc1. The van der Waals surface area contributed by atoms with E-state index in [4.69, 9.17) is 16.3 Å². The number of aryl methyl sites for hydroxylation is 1. The lowest BCUT2D eigenvalue weighted by Gasteiger charge is -2.28. The van der Waals surface area contributed by atoms with Gasteiger partial charge in [0.1, 0.15) is 11.8 Å². The van der Waals surface area contributed by atoms with Gasteiger partial charge in [-0.1, -0.05) is 47.5 Å². The predicted molar refractivity (Wildman–Crippen MR) is 125 cm³/mol. The van der Waals surface area contributed by atoms with Crippen LogP contribution in [0.25, 0.3) is 0 Å². The number of para-hydroxylation sites is 1. The van der Waals surface area contributed by atoms with Gasteiger partial charge in [0.15, 0.2) is 5.75 Å². The minimum Gasteiger partial charge on any atom is -0.455 e. The Hall–Kier alpha value is -3.03. The van der Waals surface area contributed by atoms with Crippen LogP contribution in [-0.2, 0) is 14.8 Å². The van der Waals surface area contributed by atoms with Crippen LogP contribution in [0.2, 0.25) is 5.02 Å². The molecule has 3 aromatic rings. The molecule has 0 aliphatic heterocycles. The van der Waals surface area contributed by atoms with Gasteiger partial charge in [-0.3, -0.25) is 9.10 Å². The fourth-order valence-electron chi connectivity index (χ4n) is 3.04. The van der Waals surface area contributed by atoms with Crippen LogP contribution in [0.15, 0.2) is 72.8 Å². The van der Waals surface area contributed by atoms with Crippen molar-refractivity contribution in [1.29, 1.82) is 0 Å². The highest BCUT2D eigenvalue weighted by atomic mass is 35.5. The zero-order valence-electron chi connectivity index (χ0n) is 17.4. The second-order valence-electron chi connectivity index (χ2n) is 7.12. The lowest BCUT2D eigenvalue weighted by molar-refractivity contribution is -0.116. The average molecular weight is 459 g/mol. The van der Waals surface area contributed by atoms with Gasteiger partial charge < -0.3 is 10.1 Å². The molecule has 1 amide bonds. The molecule has 0 bridgehead atoms. The monoisotopic (exact) mass is 458 g/mol. The predicted octanol–water partition coefficient (Wildman–Crippen LogP) is 5.23. The van der Waals surface area contributed by atoms with Crippen molar-refractivity contribution in [2.24, 2.45) is 0 Å². The number of ether oxygens (including phenoxy) is 1. The molecule has 162 valence electrons. The summed E-state index contributed by atoms with van der Waals surface area (Å²) in [4.78, 5) is 13.0. The summed E-state index contributed by atoms with van der Waals surface area (Å²) >= 11 is 6.12. The van der Waals surface area contributed by atoms with E-state index in [2.05, 4.69) is 5.32 Å². The molecule has 3 aromatic carbocycles. The van der Waals surface area contributed by atoms with Gasteiger partial charge >= 0.3 is 0 Å². The topological polar surface area (TPSA) is 75.7 Å². The number of sulfonamides is 1. The van der Waals surface area contributed by atoms with Crippen molar-refractivity contribution in [3.05, 3.63) is 83.4 Å². The summed E-state index contributed by atoms with van der Waals surface area (Å²) in [5.41, 5.74) is 1.73. The van der Waals surface area contributed by atoms with Crippen LogP contribution >= 0.6 is 11.6 Å². The Labute approximate surface area is 187 Å². The summed E-state index contributed by atoms with van der Waals surface area (Å²) in [7, 11) is -3.72. The van der Waals surface area contributed by atoms with Gasteiger partial charge in [0.25, 0.3) is 0 Å². The minimum absolute atomic E-state index is 0.338. The van der Waals surface area contributed by atoms with Crippen molar-refractivity contribution in [1.82, 2.24) is 0 Å². The van der Waals surface area contributed by atoms with Crippen molar-refractivity contribution in [2.45, 2.75) is 19.9 Å². The summed E-state index contributed by atoms with van der Waals surface area (Å²) in [5, 5.41) is 3.16. The number of hydrogen-bond donors (Lipinski definition) is 1. The van der Waals surface area contributed by atoms with E-state index in [-0.39, 0.29) is 0 Å². The van der Waals surface area contributed by atoms with Crippen molar-refractivity contribution in [3.8, 4) is 11.5 Å². The summed E-state index contributed by atoms with van der Waals surface area (Å²) in [6, 6.07) is 19.9. The molecular formula is C23H23ClN2O4S. The molecule has 0 aromatic heterocycles. The van der Waals surface area contributed by atoms with E-state index in [1.807, 2.05) is 25.1 Å². The Kier molecular flexibility index (Phi) is 6.87. The molecule has 3 rings (SSSR count). The minimum atomic E-state index is -3.72. The number of carbonyl (C=O) groups excluding carboxylic acids is 1. The number of rotatable bonds is 7. The first kappa shape index (κ1) is 22.7. The maximum atomic E-state index is 13.0. The number of halogens is 1. The summed E-state index contributed by atoms with van der Waals surface area (Å²) in [6.07, 6.45) is 1.07. The standard InChI is InChI=1S/C23H23ClN2O4S/c1-16-9-12-19(13-10-16)26(31(3,28)29)17(2)23(27)25-21-15-18(24)11-14-22(21)30-20-7-5-4-6-8-20/h4-15,17H,1-3H3,(H,25,27)/t17-/m1/s1. The molecule has 1 atom stereocenters. The van der Waals surface area contributed by atoms with Gasteiger partial charge in [0.05, 0.1) is 17.6 Å². The molecule has 0 heterocycles. The number of nitrogens with zero attached hydrogens (tertiary/aromatic N) is 1. The van der Waals surface area contributed by atoms with E-state index >= 15 is 0 Å². The van der Waals surface area contributed by atoms with Crippen LogP contribution in [0.4, 0.5) is 11.4 Å². The van der Waals surface area contributed by atoms with Crippen molar-refractivity contribution < 1.29 is 17.9 Å². The smallest absolute Gasteiger partial charge is 0.248 e. The van der Waals surface area contributed by atoms with Gasteiger partial charge in [-0.2, -0.15) is 0 Å². The Balaban J connectivity index is 1.89. The molecule has 0 aliphatic carbocycles. The van der Waals surface area contributed by atoms with E-state index in [1.54, 1.807) is 54.6 Å². The maximum absolute atomic E-state index is 13.0. The molecule has 6 nitrogen and oxygen atoms in total. The highest BCUT2D eigenvalue weighted by Gasteiger charge is 2.29. The van der Waals surface area contributed by atoms with Crippen LogP contribution < -0.4 is 14.4 Å². The summed E-state index contributed by atoms with van der Waals surface area (Å²) < 4.78 is 31.9. The van der Waals surface area contributed by atoms with Crippen LogP contribution in [0.5, 0.6) is 11.5 Å². The quantitative estimate of drug-likeness (QED) is 0.525. The van der Waals surface area contributed by atoms with Gasteiger partial charge in [-0.05, 0) is 56.3 Å². The van der Waals surface area contributed by atoms with E-state index in [9.17, 15) is 13.2 Å². The zero-order chi connectivity index (χ0) is 22.6. The first-order chi connectivity index (χ1) is 14.6. The molecule has 8 heteroatoms. The molecule has 0 fully saturated rings. The van der Waals surface area contributed by atoms with Crippen LogP contribution in [0.3, 0.4) is 0 Å². The summed E-state index contributed by atoms with van der Waals surface area (Å²) in [6.45, 7) is 3.43. The number of anilines is 2. The molecule has 31 heavy (non-hydrogen) atoms. The van der Waals surface area contributed by atoms with E-state index in [1.165, 1.54) is 6.92 Å². The van der Waals surface area contributed by atoms with E-state index in [0.29, 0.717) is 27.9 Å². The van der Waals surface area contributed by atoms with Crippen LogP contribution in [-0.4, -0.2) is 26.6 Å². The summed E-state index contributed by atoms with van der Waals surface area (Å²) in [5.74, 6) is 0.453. The molecule has 0 aliphatic rings. The number of nitrogens with one attached hydrogen (secondary N) is 1. The van der Waals surface area contributed by atoms with Gasteiger partial charge in [-0.25, -0.2) is 8.42 Å². The van der Waals surface area contributed by atoms with Crippen LogP contribution in [0.1, 0.15) is 12.5 Å². The average Bonchev–Trinajstić information content (AvgIpc) is 2.71. The molecule has 1 N–H and O–H groups in total. The van der Waals surface area contributed by atoms with Gasteiger partial charge in [-0.15, -0.1) is 0 Å². The van der Waals surface area contributed by atoms with Gasteiger partial charge in [0, 0.05) is 5.02 Å². The van der Waals surface area contributed by atoms with E-state index < -0.39 is 22.0 Å². The molecule has 0 radical (unpaired) electrons. The van der Waals surface area contributed by atoms with Crippen molar-refractivity contribution in [3.63, 3.8) is 0 Å². The maximum Gasteiger partial charge on any atom is 0.248 e. The van der Waals surface area contributed by atoms with Crippen molar-refractivity contribution in [2.75, 3.05) is 15.9 Å². The first-order valence-electron chi connectivity index (χ1n) is 9.54. The lowest BCUT2D eigenvalue weighted by Crippen LogP contribution is -2.45. The molecule has 0 saturated carbocycles. The number of benzene rings is 3. The Morgan fingerprint density at radius 2 is 1.68 bits per heavy atom. The zero-order valence-corrected chi connectivity index (χ0v) is 18.9. The fraction of sp³-hybridized carbons (Fsp3) is 0.174. The number of hydrogen-bond acceptors (Lipinski definition) is 4. The second-order valence-corrected chi connectivity index (χ2v) is 9.41. The lowest BCUT2D eigenvalue weighted by atomic mass is 10.2. The third-order valence-electron chi connectivity index (χ3n) is 4.55. The third-order valence-corrected chi connectivity index (χ3v) is 6.02. The molecule has 0 saturated heterocycles. The Morgan fingerprint density at radius 1 is 1.03 bits per heavy atom. The highest BCUT2D eigenvalue weighted by Crippen LogP contribution is 2.32. The second kappa shape index (κ2) is 9.41. The van der Waals surface area contributed by atoms with E-state index in [0.717, 1.165) is 16.1 Å². The van der Waals surface area contributed by atoms with Gasteiger partial charge in [0.2, 0.25) is 15.9 Å². The van der Waals surface area contributed by atoms with Crippen molar-refractivity contribution >= 4 is 38.9 Å². The Bertz CT molecular complexity index is 1170. The number of amides is 1. The largest absolute Gasteiger partial charge is 0.455 e. The highest BCUT2D eigenvalue weighted by molar-refractivity contribution is 7.92. The molecule has 0 unspecified atom stereocenters. The Morgan fingerprint density at radius 3 is 2.29 bits per heavy atom.